The lowest BCUT2D eigenvalue weighted by Crippen LogP contribution is -2.52. The van der Waals surface area contributed by atoms with Crippen LogP contribution < -0.4 is 10.6 Å². The molecule has 2 aliphatic heterocycles. The molecule has 2 fully saturated rings. The zero-order valence-electron chi connectivity index (χ0n) is 9.91. The van der Waals surface area contributed by atoms with Crippen molar-refractivity contribution >= 4 is 5.97 Å². The first-order valence-electron chi connectivity index (χ1n) is 6.38. The van der Waals surface area contributed by atoms with Crippen LogP contribution in [0.3, 0.4) is 0 Å². The zero-order chi connectivity index (χ0) is 11.5. The highest BCUT2D eigenvalue weighted by Crippen LogP contribution is 2.29. The Morgan fingerprint density at radius 3 is 2.75 bits per heavy atom. The largest absolute Gasteiger partial charge is 0.481 e. The molecule has 92 valence electrons. The van der Waals surface area contributed by atoms with Crippen LogP contribution in [-0.4, -0.2) is 36.2 Å². The molecule has 4 nitrogen and oxygen atoms in total. The molecule has 0 aromatic heterocycles. The number of carboxylic acid groups (broad SMARTS) is 1. The molecule has 0 aliphatic carbocycles. The van der Waals surface area contributed by atoms with E-state index in [1.807, 2.05) is 0 Å². The molecular formula is C12H22N2O2. The first kappa shape index (κ1) is 11.9. The summed E-state index contributed by atoms with van der Waals surface area (Å²) in [6.45, 7) is 4.19. The molecule has 2 aliphatic rings. The van der Waals surface area contributed by atoms with Gasteiger partial charge in [0.05, 0.1) is 5.92 Å². The summed E-state index contributed by atoms with van der Waals surface area (Å²) in [4.78, 5) is 11.2. The van der Waals surface area contributed by atoms with Crippen LogP contribution in [0.1, 0.15) is 32.6 Å². The molecule has 4 atom stereocenters. The Labute approximate surface area is 96.8 Å². The van der Waals surface area contributed by atoms with E-state index in [2.05, 4.69) is 17.6 Å². The first-order chi connectivity index (χ1) is 7.68. The van der Waals surface area contributed by atoms with Gasteiger partial charge < -0.3 is 15.7 Å². The molecule has 0 saturated carbocycles. The summed E-state index contributed by atoms with van der Waals surface area (Å²) in [6, 6.07) is 0.715. The van der Waals surface area contributed by atoms with Gasteiger partial charge in [-0.3, -0.25) is 4.79 Å². The summed E-state index contributed by atoms with van der Waals surface area (Å²) >= 11 is 0. The maximum Gasteiger partial charge on any atom is 0.308 e. The molecule has 4 unspecified atom stereocenters. The highest BCUT2D eigenvalue weighted by Gasteiger charge is 2.37. The Morgan fingerprint density at radius 2 is 2.06 bits per heavy atom. The van der Waals surface area contributed by atoms with Gasteiger partial charge in [-0.25, -0.2) is 0 Å². The monoisotopic (exact) mass is 226 g/mol. The van der Waals surface area contributed by atoms with E-state index in [1.165, 1.54) is 0 Å². The summed E-state index contributed by atoms with van der Waals surface area (Å²) in [5.74, 6) is -0.273. The summed E-state index contributed by atoms with van der Waals surface area (Å²) < 4.78 is 0. The van der Waals surface area contributed by atoms with E-state index in [0.29, 0.717) is 12.0 Å². The van der Waals surface area contributed by atoms with E-state index in [1.54, 1.807) is 0 Å². The second-order valence-corrected chi connectivity index (χ2v) is 5.21. The van der Waals surface area contributed by atoms with E-state index in [-0.39, 0.29) is 12.0 Å². The quantitative estimate of drug-likeness (QED) is 0.652. The summed E-state index contributed by atoms with van der Waals surface area (Å²) in [6.07, 6.45) is 4.03. The predicted octanol–water partition coefficient (Wildman–Crippen LogP) is 0.827. The molecule has 0 radical (unpaired) electrons. The third-order valence-corrected chi connectivity index (χ3v) is 3.99. The number of hydrogen-bond donors (Lipinski definition) is 3. The van der Waals surface area contributed by atoms with Crippen molar-refractivity contribution < 1.29 is 9.90 Å². The minimum Gasteiger partial charge on any atom is -0.481 e. The van der Waals surface area contributed by atoms with Gasteiger partial charge >= 0.3 is 5.97 Å². The number of carboxylic acids is 1. The van der Waals surface area contributed by atoms with Crippen molar-refractivity contribution in [3.8, 4) is 0 Å². The Bertz CT molecular complexity index is 257. The average molecular weight is 226 g/mol. The third-order valence-electron chi connectivity index (χ3n) is 3.99. The number of rotatable bonds is 2. The number of piperidine rings is 2. The zero-order valence-corrected chi connectivity index (χ0v) is 9.91. The molecule has 2 rings (SSSR count). The second-order valence-electron chi connectivity index (χ2n) is 5.21. The maximum absolute atomic E-state index is 11.2. The molecule has 2 saturated heterocycles. The van der Waals surface area contributed by atoms with Gasteiger partial charge in [-0.15, -0.1) is 0 Å². The minimum absolute atomic E-state index is 0.177. The topological polar surface area (TPSA) is 61.4 Å². The van der Waals surface area contributed by atoms with Crippen LogP contribution >= 0.6 is 0 Å². The molecule has 0 amide bonds. The van der Waals surface area contributed by atoms with E-state index in [0.717, 1.165) is 38.8 Å². The summed E-state index contributed by atoms with van der Waals surface area (Å²) in [5.41, 5.74) is 0. The predicted molar refractivity (Wildman–Crippen MR) is 62.3 cm³/mol. The summed E-state index contributed by atoms with van der Waals surface area (Å²) in [5, 5.41) is 16.1. The second kappa shape index (κ2) is 5.15. The van der Waals surface area contributed by atoms with E-state index >= 15 is 0 Å². The van der Waals surface area contributed by atoms with Crippen molar-refractivity contribution in [1.29, 1.82) is 0 Å². The third kappa shape index (κ3) is 2.55. The van der Waals surface area contributed by atoms with Gasteiger partial charge in [0, 0.05) is 12.1 Å². The molecule has 0 spiro atoms. The van der Waals surface area contributed by atoms with Crippen molar-refractivity contribution in [2.75, 3.05) is 13.1 Å². The maximum atomic E-state index is 11.2. The van der Waals surface area contributed by atoms with Gasteiger partial charge in [-0.2, -0.15) is 0 Å². The molecule has 3 N–H and O–H groups in total. The first-order valence-corrected chi connectivity index (χ1v) is 6.38. The van der Waals surface area contributed by atoms with Crippen LogP contribution in [0.15, 0.2) is 0 Å². The average Bonchev–Trinajstić information content (AvgIpc) is 2.29. The van der Waals surface area contributed by atoms with Gasteiger partial charge in [0.2, 0.25) is 0 Å². The molecule has 16 heavy (non-hydrogen) atoms. The van der Waals surface area contributed by atoms with Gasteiger partial charge in [0.1, 0.15) is 0 Å². The van der Waals surface area contributed by atoms with Crippen LogP contribution in [0, 0.1) is 11.8 Å². The molecule has 2 heterocycles. The van der Waals surface area contributed by atoms with Gasteiger partial charge in [0.15, 0.2) is 0 Å². The van der Waals surface area contributed by atoms with Crippen molar-refractivity contribution in [2.24, 2.45) is 11.8 Å². The number of aliphatic carboxylic acids is 1. The lowest BCUT2D eigenvalue weighted by Gasteiger charge is -2.39. The number of nitrogens with one attached hydrogen (secondary N) is 2. The summed E-state index contributed by atoms with van der Waals surface area (Å²) in [7, 11) is 0. The Balaban J connectivity index is 2.01. The molecule has 0 bridgehead atoms. The Kier molecular flexibility index (Phi) is 3.82. The minimum atomic E-state index is -0.622. The SMILES string of the molecule is CC1CC(C2NCCCC2C(=O)O)CCN1. The van der Waals surface area contributed by atoms with Crippen LogP contribution in [0.4, 0.5) is 0 Å². The van der Waals surface area contributed by atoms with Crippen LogP contribution in [0.2, 0.25) is 0 Å². The van der Waals surface area contributed by atoms with Gasteiger partial charge in [0.25, 0.3) is 0 Å². The molecule has 0 aromatic carbocycles. The van der Waals surface area contributed by atoms with Crippen molar-refractivity contribution in [1.82, 2.24) is 10.6 Å². The number of carbonyl (C=O) groups is 1. The van der Waals surface area contributed by atoms with Crippen molar-refractivity contribution in [3.05, 3.63) is 0 Å². The lowest BCUT2D eigenvalue weighted by atomic mass is 9.77. The standard InChI is InChI=1S/C12H22N2O2/c1-8-7-9(4-6-13-8)11-10(12(15)16)3-2-5-14-11/h8-11,13-14H,2-7H2,1H3,(H,15,16). The molecule has 4 heteroatoms. The fourth-order valence-corrected chi connectivity index (χ4v) is 3.18. The van der Waals surface area contributed by atoms with Gasteiger partial charge in [-0.05, 0) is 51.6 Å². The molecular weight excluding hydrogens is 204 g/mol. The fraction of sp³-hybridized carbons (Fsp3) is 0.917. The highest BCUT2D eigenvalue weighted by molar-refractivity contribution is 5.71. The van der Waals surface area contributed by atoms with Crippen LogP contribution in [0.25, 0.3) is 0 Å². The van der Waals surface area contributed by atoms with E-state index in [4.69, 9.17) is 0 Å². The van der Waals surface area contributed by atoms with Crippen LogP contribution in [-0.2, 0) is 4.79 Å². The lowest BCUT2D eigenvalue weighted by molar-refractivity contribution is -0.144. The smallest absolute Gasteiger partial charge is 0.308 e. The van der Waals surface area contributed by atoms with Crippen molar-refractivity contribution in [3.63, 3.8) is 0 Å². The van der Waals surface area contributed by atoms with E-state index in [9.17, 15) is 9.90 Å². The Hall–Kier alpha value is -0.610. The molecule has 0 aromatic rings. The Morgan fingerprint density at radius 1 is 1.25 bits per heavy atom. The van der Waals surface area contributed by atoms with Crippen molar-refractivity contribution in [2.45, 2.75) is 44.7 Å². The fourth-order valence-electron chi connectivity index (χ4n) is 3.18. The number of hydrogen-bond acceptors (Lipinski definition) is 3. The van der Waals surface area contributed by atoms with Crippen LogP contribution in [0.5, 0.6) is 0 Å². The normalized spacial score (nSPS) is 40.6. The van der Waals surface area contributed by atoms with Gasteiger partial charge in [-0.1, -0.05) is 0 Å². The van der Waals surface area contributed by atoms with E-state index < -0.39 is 5.97 Å². The highest BCUT2D eigenvalue weighted by atomic mass is 16.4.